The second-order valence-corrected chi connectivity index (χ2v) is 9.54. The average Bonchev–Trinajstić information content (AvgIpc) is 3.54. The van der Waals surface area contributed by atoms with Crippen LogP contribution in [0, 0.1) is 0 Å². The number of carboxylic acid groups (broad SMARTS) is 1. The molecule has 0 radical (unpaired) electrons. The molecule has 42 heavy (non-hydrogen) atoms. The zero-order valence-corrected chi connectivity index (χ0v) is 24.7. The summed E-state index contributed by atoms with van der Waals surface area (Å²) in [5.41, 5.74) is 1.01. The molecule has 1 aromatic carbocycles. The van der Waals surface area contributed by atoms with E-state index in [2.05, 4.69) is 21.9 Å². The van der Waals surface area contributed by atoms with Crippen LogP contribution < -0.4 is 19.9 Å². The summed E-state index contributed by atoms with van der Waals surface area (Å²) in [7, 11) is 1.39. The lowest BCUT2D eigenvalue weighted by molar-refractivity contribution is -0.137. The van der Waals surface area contributed by atoms with E-state index in [1.165, 1.54) is 30.4 Å². The maximum absolute atomic E-state index is 13.3. The fraction of sp³-hybridized carbons (Fsp3) is 0.433. The van der Waals surface area contributed by atoms with E-state index in [0.717, 1.165) is 12.8 Å². The van der Waals surface area contributed by atoms with Crippen LogP contribution in [0.1, 0.15) is 39.2 Å². The molecule has 0 spiro atoms. The van der Waals surface area contributed by atoms with Gasteiger partial charge in [0.05, 0.1) is 13.3 Å². The van der Waals surface area contributed by atoms with E-state index in [9.17, 15) is 19.5 Å². The molecule has 1 unspecified atom stereocenters. The Morgan fingerprint density at radius 2 is 1.79 bits per heavy atom. The Balaban J connectivity index is 1.89. The third kappa shape index (κ3) is 7.99. The van der Waals surface area contributed by atoms with Gasteiger partial charge in [0.15, 0.2) is 11.6 Å². The lowest BCUT2D eigenvalue weighted by atomic mass is 10.1. The Labute approximate surface area is 246 Å². The molecule has 1 atom stereocenters. The van der Waals surface area contributed by atoms with Gasteiger partial charge in [0.2, 0.25) is 5.95 Å². The molecule has 2 aromatic rings. The lowest BCUT2D eigenvalue weighted by Crippen LogP contribution is -2.37. The monoisotopic (exact) mass is 580 g/mol. The normalized spacial score (nSPS) is 13.7. The number of nitrogens with one attached hydrogen (secondary N) is 1. The minimum atomic E-state index is -1.10. The highest BCUT2D eigenvalue weighted by Gasteiger charge is 2.27. The van der Waals surface area contributed by atoms with Gasteiger partial charge in [-0.05, 0) is 57.4 Å². The van der Waals surface area contributed by atoms with Crippen LogP contribution in [-0.2, 0) is 20.7 Å². The van der Waals surface area contributed by atoms with E-state index >= 15 is 0 Å². The van der Waals surface area contributed by atoms with Crippen LogP contribution in [0.2, 0.25) is 0 Å². The molecule has 226 valence electrons. The van der Waals surface area contributed by atoms with Gasteiger partial charge in [-0.1, -0.05) is 24.8 Å². The molecule has 3 rings (SSSR count). The molecule has 2 N–H and O–H groups in total. The molecule has 12 heteroatoms. The molecule has 1 fully saturated rings. The summed E-state index contributed by atoms with van der Waals surface area (Å²) in [4.78, 5) is 52.1. The highest BCUT2D eigenvalue weighted by molar-refractivity contribution is 6.06. The number of hydrogen-bond acceptors (Lipinski definition) is 9. The first kappa shape index (κ1) is 31.9. The highest BCUT2D eigenvalue weighted by atomic mass is 16.6. The van der Waals surface area contributed by atoms with Crippen molar-refractivity contribution in [3.63, 3.8) is 0 Å². The van der Waals surface area contributed by atoms with Gasteiger partial charge >= 0.3 is 12.1 Å². The molecule has 0 aliphatic carbocycles. The minimum Gasteiger partial charge on any atom is -0.491 e. The molecular formula is C30H40N6O6. The SMILES string of the molecule is C=C/C=C(\OC)C(=O)N(CC)c1cnc(N(CC)CC)nc1NC(Cc1ccc(OC(=O)N2CCCC2)cc1)C(=O)O. The number of amides is 2. The Kier molecular flexibility index (Phi) is 11.7. The first-order chi connectivity index (χ1) is 20.3. The van der Waals surface area contributed by atoms with Gasteiger partial charge < -0.3 is 34.6 Å². The number of methoxy groups -OCH3 is 1. The van der Waals surface area contributed by atoms with Gasteiger partial charge in [-0.25, -0.2) is 14.6 Å². The fourth-order valence-corrected chi connectivity index (χ4v) is 4.58. The summed E-state index contributed by atoms with van der Waals surface area (Å²) in [6.07, 6.45) is 6.04. The van der Waals surface area contributed by atoms with E-state index in [1.54, 1.807) is 36.1 Å². The Morgan fingerprint density at radius 3 is 2.33 bits per heavy atom. The summed E-state index contributed by atoms with van der Waals surface area (Å²) < 4.78 is 10.7. The number of rotatable bonds is 14. The first-order valence-corrected chi connectivity index (χ1v) is 14.1. The van der Waals surface area contributed by atoms with Crippen LogP contribution in [0.25, 0.3) is 0 Å². The topological polar surface area (TPSA) is 137 Å². The Hall–Kier alpha value is -4.61. The third-order valence-corrected chi connectivity index (χ3v) is 6.90. The van der Waals surface area contributed by atoms with Crippen molar-refractivity contribution in [2.45, 2.75) is 46.1 Å². The largest absolute Gasteiger partial charge is 0.491 e. The first-order valence-electron chi connectivity index (χ1n) is 14.1. The maximum Gasteiger partial charge on any atom is 0.415 e. The predicted octanol–water partition coefficient (Wildman–Crippen LogP) is 4.09. The Bertz CT molecular complexity index is 1270. The number of aliphatic carboxylic acids is 1. The van der Waals surface area contributed by atoms with E-state index in [1.807, 2.05) is 18.7 Å². The van der Waals surface area contributed by atoms with E-state index < -0.39 is 17.9 Å². The number of hydrogen-bond donors (Lipinski definition) is 2. The fourth-order valence-electron chi connectivity index (χ4n) is 4.58. The van der Waals surface area contributed by atoms with Crippen molar-refractivity contribution in [1.29, 1.82) is 0 Å². The molecule has 2 amide bonds. The van der Waals surface area contributed by atoms with Gasteiger partial charge in [0.25, 0.3) is 5.91 Å². The standard InChI is InChI=1S/C30H40N6O6/c1-6-12-25(41-5)27(37)36(9-4)24-20-31-29(34(7-2)8-3)33-26(24)32-23(28(38)39)19-21-13-15-22(16-14-21)42-30(40)35-17-10-11-18-35/h6,12-16,20,23H,1,7-11,17-19H2,2-5H3,(H,38,39)(H,31,32,33)/b25-12-. The molecule has 2 heterocycles. The zero-order valence-electron chi connectivity index (χ0n) is 24.7. The van der Waals surface area contributed by atoms with E-state index in [0.29, 0.717) is 49.1 Å². The average molecular weight is 581 g/mol. The lowest BCUT2D eigenvalue weighted by Gasteiger charge is -2.27. The summed E-state index contributed by atoms with van der Waals surface area (Å²) >= 11 is 0. The van der Waals surface area contributed by atoms with Crippen molar-refractivity contribution in [2.24, 2.45) is 0 Å². The molecular weight excluding hydrogens is 540 g/mol. The van der Waals surface area contributed by atoms with Gasteiger partial charge in [0.1, 0.15) is 17.5 Å². The number of ether oxygens (including phenoxy) is 2. The van der Waals surface area contributed by atoms with Crippen LogP contribution in [0.5, 0.6) is 5.75 Å². The molecule has 12 nitrogen and oxygen atoms in total. The molecule has 1 aliphatic rings. The number of carboxylic acids is 1. The number of likely N-dealkylation sites (N-methyl/N-ethyl adjacent to an activating group) is 1. The van der Waals surface area contributed by atoms with Crippen molar-refractivity contribution in [1.82, 2.24) is 14.9 Å². The quantitative estimate of drug-likeness (QED) is 0.191. The zero-order chi connectivity index (χ0) is 30.6. The second kappa shape index (κ2) is 15.4. The third-order valence-electron chi connectivity index (χ3n) is 6.90. The van der Waals surface area contributed by atoms with E-state index in [4.69, 9.17) is 9.47 Å². The molecule has 1 saturated heterocycles. The molecule has 1 aromatic heterocycles. The molecule has 0 saturated carbocycles. The van der Waals surface area contributed by atoms with Gasteiger partial charge in [-0.3, -0.25) is 4.79 Å². The van der Waals surface area contributed by atoms with Crippen LogP contribution in [-0.4, -0.2) is 83.8 Å². The molecule has 1 aliphatic heterocycles. The number of anilines is 3. The van der Waals surface area contributed by atoms with E-state index in [-0.39, 0.29) is 30.6 Å². The van der Waals surface area contributed by atoms with Gasteiger partial charge in [-0.2, -0.15) is 4.98 Å². The summed E-state index contributed by atoms with van der Waals surface area (Å²) in [6, 6.07) is 5.64. The number of carbonyl (C=O) groups is 3. The van der Waals surface area contributed by atoms with Gasteiger partial charge in [0, 0.05) is 39.1 Å². The van der Waals surface area contributed by atoms with Crippen molar-refractivity contribution in [2.75, 3.05) is 55.0 Å². The Morgan fingerprint density at radius 1 is 1.12 bits per heavy atom. The number of aromatic nitrogens is 2. The number of nitrogens with zero attached hydrogens (tertiary/aromatic N) is 5. The molecule has 0 bridgehead atoms. The van der Waals surface area contributed by atoms with Crippen LogP contribution in [0.3, 0.4) is 0 Å². The number of allylic oxidation sites excluding steroid dienone is 2. The van der Waals surface area contributed by atoms with Gasteiger partial charge in [-0.15, -0.1) is 0 Å². The van der Waals surface area contributed by atoms with Crippen molar-refractivity contribution in [3.8, 4) is 5.75 Å². The summed E-state index contributed by atoms with van der Waals surface area (Å²) in [6.45, 7) is 12.2. The summed E-state index contributed by atoms with van der Waals surface area (Å²) in [5.74, 6) is -0.515. The summed E-state index contributed by atoms with van der Waals surface area (Å²) in [5, 5.41) is 13.2. The van der Waals surface area contributed by atoms with Crippen LogP contribution in [0.15, 0.2) is 55.0 Å². The van der Waals surface area contributed by atoms with Crippen LogP contribution in [0.4, 0.5) is 22.2 Å². The predicted molar refractivity (Wildman–Crippen MR) is 161 cm³/mol. The van der Waals surface area contributed by atoms with Crippen molar-refractivity contribution >= 4 is 35.4 Å². The second-order valence-electron chi connectivity index (χ2n) is 9.54. The van der Waals surface area contributed by atoms with Crippen LogP contribution >= 0.6 is 0 Å². The number of benzene rings is 1. The van der Waals surface area contributed by atoms with Crippen molar-refractivity contribution in [3.05, 3.63) is 60.5 Å². The highest BCUT2D eigenvalue weighted by Crippen LogP contribution is 2.28. The van der Waals surface area contributed by atoms with Crippen molar-refractivity contribution < 1.29 is 29.0 Å². The smallest absolute Gasteiger partial charge is 0.415 e. The maximum atomic E-state index is 13.3. The number of likely N-dealkylation sites (tertiary alicyclic amines) is 1. The minimum absolute atomic E-state index is 0.0610. The number of carbonyl (C=O) groups excluding carboxylic acids is 2.